The standard InChI is InChI=1S/C16H15IN2O3/c1-10-13(18-11(2)20)4-3-5-14(10)19-16(21)9-7-12-6-8-15(17)22-12/h3-9H,1-2H3,(H,18,20)(H,19,21)/b9-7+. The molecule has 2 aromatic rings. The van der Waals surface area contributed by atoms with Crippen molar-refractivity contribution in [3.05, 3.63) is 51.5 Å². The summed E-state index contributed by atoms with van der Waals surface area (Å²) in [5.74, 6) is 0.191. The molecule has 2 rings (SSSR count). The summed E-state index contributed by atoms with van der Waals surface area (Å²) in [7, 11) is 0. The third-order valence-corrected chi connectivity index (χ3v) is 3.48. The van der Waals surface area contributed by atoms with Gasteiger partial charge in [0, 0.05) is 24.4 Å². The van der Waals surface area contributed by atoms with E-state index in [0.717, 1.165) is 9.33 Å². The second kappa shape index (κ2) is 7.26. The molecule has 114 valence electrons. The van der Waals surface area contributed by atoms with E-state index in [0.29, 0.717) is 17.1 Å². The predicted molar refractivity (Wildman–Crippen MR) is 94.6 cm³/mol. The van der Waals surface area contributed by atoms with E-state index in [1.54, 1.807) is 30.3 Å². The van der Waals surface area contributed by atoms with Gasteiger partial charge in [0.2, 0.25) is 11.8 Å². The summed E-state index contributed by atoms with van der Waals surface area (Å²) < 4.78 is 6.10. The molecule has 0 aliphatic heterocycles. The van der Waals surface area contributed by atoms with Crippen LogP contribution in [0.5, 0.6) is 0 Å². The van der Waals surface area contributed by atoms with Crippen LogP contribution in [0.15, 0.2) is 40.8 Å². The Bertz CT molecular complexity index is 735. The Balaban J connectivity index is 2.08. The Labute approximate surface area is 141 Å². The SMILES string of the molecule is CC(=O)Nc1cccc(NC(=O)/C=C/c2ccc(I)o2)c1C. The van der Waals surface area contributed by atoms with E-state index in [9.17, 15) is 9.59 Å². The smallest absolute Gasteiger partial charge is 0.248 e. The maximum absolute atomic E-state index is 11.9. The quantitative estimate of drug-likeness (QED) is 0.595. The van der Waals surface area contributed by atoms with Gasteiger partial charge in [-0.2, -0.15) is 0 Å². The maximum Gasteiger partial charge on any atom is 0.248 e. The molecule has 0 saturated carbocycles. The highest BCUT2D eigenvalue weighted by molar-refractivity contribution is 14.1. The molecule has 0 saturated heterocycles. The maximum atomic E-state index is 11.9. The summed E-state index contributed by atoms with van der Waals surface area (Å²) >= 11 is 2.06. The molecule has 0 spiro atoms. The summed E-state index contributed by atoms with van der Waals surface area (Å²) in [4.78, 5) is 23.1. The van der Waals surface area contributed by atoms with Gasteiger partial charge in [0.15, 0.2) is 3.77 Å². The second-order valence-electron chi connectivity index (χ2n) is 4.62. The molecule has 0 radical (unpaired) electrons. The van der Waals surface area contributed by atoms with Crippen molar-refractivity contribution in [1.29, 1.82) is 0 Å². The molecular formula is C16H15IN2O3. The van der Waals surface area contributed by atoms with E-state index in [2.05, 4.69) is 33.2 Å². The predicted octanol–water partition coefficient (Wildman–Crippen LogP) is 3.80. The molecule has 0 fully saturated rings. The number of benzene rings is 1. The summed E-state index contributed by atoms with van der Waals surface area (Å²) in [5, 5.41) is 5.50. The first kappa shape index (κ1) is 16.3. The van der Waals surface area contributed by atoms with Crippen LogP contribution in [0.4, 0.5) is 11.4 Å². The first-order valence-corrected chi connectivity index (χ1v) is 7.65. The van der Waals surface area contributed by atoms with Crippen LogP contribution in [0, 0.1) is 10.7 Å². The molecule has 1 aromatic heterocycles. The first-order valence-electron chi connectivity index (χ1n) is 6.57. The monoisotopic (exact) mass is 410 g/mol. The first-order chi connectivity index (χ1) is 10.5. The normalized spacial score (nSPS) is 10.7. The molecule has 0 unspecified atom stereocenters. The molecule has 1 heterocycles. The average molecular weight is 410 g/mol. The number of amides is 2. The average Bonchev–Trinajstić information content (AvgIpc) is 2.86. The van der Waals surface area contributed by atoms with Crippen molar-refractivity contribution in [3.63, 3.8) is 0 Å². The topological polar surface area (TPSA) is 71.3 Å². The molecule has 0 bridgehead atoms. The Hall–Kier alpha value is -2.09. The zero-order valence-corrected chi connectivity index (χ0v) is 14.3. The van der Waals surface area contributed by atoms with Gasteiger partial charge in [0.25, 0.3) is 0 Å². The Kier molecular flexibility index (Phi) is 5.37. The fourth-order valence-corrected chi connectivity index (χ4v) is 2.28. The molecule has 5 nitrogen and oxygen atoms in total. The van der Waals surface area contributed by atoms with Gasteiger partial charge < -0.3 is 15.1 Å². The number of furan rings is 1. The van der Waals surface area contributed by atoms with Crippen molar-refractivity contribution in [2.24, 2.45) is 0 Å². The van der Waals surface area contributed by atoms with Crippen molar-refractivity contribution in [1.82, 2.24) is 0 Å². The fourth-order valence-electron chi connectivity index (χ4n) is 1.85. The molecular weight excluding hydrogens is 395 g/mol. The molecule has 22 heavy (non-hydrogen) atoms. The fraction of sp³-hybridized carbons (Fsp3) is 0.125. The van der Waals surface area contributed by atoms with Gasteiger partial charge in [0.1, 0.15) is 5.76 Å². The summed E-state index contributed by atoms with van der Waals surface area (Å²) in [5.41, 5.74) is 2.12. The lowest BCUT2D eigenvalue weighted by atomic mass is 10.1. The lowest BCUT2D eigenvalue weighted by molar-refractivity contribution is -0.114. The molecule has 0 aliphatic rings. The number of halogens is 1. The van der Waals surface area contributed by atoms with Crippen LogP contribution in [-0.4, -0.2) is 11.8 Å². The van der Waals surface area contributed by atoms with E-state index >= 15 is 0 Å². The number of nitrogens with one attached hydrogen (secondary N) is 2. The highest BCUT2D eigenvalue weighted by atomic mass is 127. The van der Waals surface area contributed by atoms with Crippen molar-refractivity contribution in [2.45, 2.75) is 13.8 Å². The molecule has 6 heteroatoms. The minimum Gasteiger partial charge on any atom is -0.451 e. The minimum absolute atomic E-state index is 0.154. The number of carbonyl (C=O) groups excluding carboxylic acids is 2. The highest BCUT2D eigenvalue weighted by Crippen LogP contribution is 2.23. The van der Waals surface area contributed by atoms with Gasteiger partial charge in [0.05, 0.1) is 0 Å². The summed E-state index contributed by atoms with van der Waals surface area (Å²) in [6, 6.07) is 8.94. The summed E-state index contributed by atoms with van der Waals surface area (Å²) in [6.07, 6.45) is 3.00. The van der Waals surface area contributed by atoms with Crippen LogP contribution in [0.3, 0.4) is 0 Å². The minimum atomic E-state index is -0.269. The van der Waals surface area contributed by atoms with Crippen LogP contribution >= 0.6 is 22.6 Å². The molecule has 0 atom stereocenters. The number of carbonyl (C=O) groups is 2. The van der Waals surface area contributed by atoms with Gasteiger partial charge in [-0.05, 0) is 65.4 Å². The molecule has 2 amide bonds. The second-order valence-corrected chi connectivity index (χ2v) is 5.69. The molecule has 2 N–H and O–H groups in total. The zero-order chi connectivity index (χ0) is 16.1. The van der Waals surface area contributed by atoms with E-state index in [4.69, 9.17) is 4.42 Å². The highest BCUT2D eigenvalue weighted by Gasteiger charge is 2.07. The number of rotatable bonds is 4. The third-order valence-electron chi connectivity index (χ3n) is 2.90. The van der Waals surface area contributed by atoms with Crippen LogP contribution in [0.1, 0.15) is 18.2 Å². The van der Waals surface area contributed by atoms with Crippen molar-refractivity contribution >= 4 is 51.9 Å². The van der Waals surface area contributed by atoms with E-state index in [-0.39, 0.29) is 11.8 Å². The van der Waals surface area contributed by atoms with E-state index in [1.165, 1.54) is 13.0 Å². The van der Waals surface area contributed by atoms with Crippen LogP contribution in [0.25, 0.3) is 6.08 Å². The van der Waals surface area contributed by atoms with Gasteiger partial charge in [-0.25, -0.2) is 0 Å². The van der Waals surface area contributed by atoms with Gasteiger partial charge >= 0.3 is 0 Å². The van der Waals surface area contributed by atoms with E-state index in [1.807, 2.05) is 13.0 Å². The van der Waals surface area contributed by atoms with Crippen molar-refractivity contribution in [2.75, 3.05) is 10.6 Å². The summed E-state index contributed by atoms with van der Waals surface area (Å²) in [6.45, 7) is 3.28. The number of hydrogen-bond donors (Lipinski definition) is 2. The lowest BCUT2D eigenvalue weighted by Crippen LogP contribution is -2.11. The van der Waals surface area contributed by atoms with Crippen LogP contribution in [-0.2, 0) is 9.59 Å². The molecule has 0 aliphatic carbocycles. The zero-order valence-electron chi connectivity index (χ0n) is 12.1. The van der Waals surface area contributed by atoms with Gasteiger partial charge in [-0.3, -0.25) is 9.59 Å². The van der Waals surface area contributed by atoms with Crippen molar-refractivity contribution in [3.8, 4) is 0 Å². The van der Waals surface area contributed by atoms with Gasteiger partial charge in [-0.15, -0.1) is 0 Å². The Morgan fingerprint density at radius 1 is 1.14 bits per heavy atom. The van der Waals surface area contributed by atoms with Crippen LogP contribution in [0.2, 0.25) is 0 Å². The lowest BCUT2D eigenvalue weighted by Gasteiger charge is -2.11. The Morgan fingerprint density at radius 2 is 1.82 bits per heavy atom. The largest absolute Gasteiger partial charge is 0.451 e. The van der Waals surface area contributed by atoms with Crippen LogP contribution < -0.4 is 10.6 Å². The van der Waals surface area contributed by atoms with Crippen molar-refractivity contribution < 1.29 is 14.0 Å². The number of anilines is 2. The number of hydrogen-bond acceptors (Lipinski definition) is 3. The third kappa shape index (κ3) is 4.45. The molecule has 1 aromatic carbocycles. The van der Waals surface area contributed by atoms with E-state index < -0.39 is 0 Å². The van der Waals surface area contributed by atoms with Gasteiger partial charge in [-0.1, -0.05) is 6.07 Å². The Morgan fingerprint density at radius 3 is 2.41 bits per heavy atom.